The second kappa shape index (κ2) is 5.59. The summed E-state index contributed by atoms with van der Waals surface area (Å²) in [4.78, 5) is 11.5. The number of rotatable bonds is 2. The number of methoxy groups -OCH3 is 1. The number of thiophene rings is 1. The van der Waals surface area contributed by atoms with Gasteiger partial charge >= 0.3 is 35.5 Å². The Morgan fingerprint density at radius 3 is 2.92 bits per heavy atom. The summed E-state index contributed by atoms with van der Waals surface area (Å²) in [6.07, 6.45) is 0.238. The van der Waals surface area contributed by atoms with Crippen LogP contribution in [-0.4, -0.2) is 18.2 Å². The molecule has 1 aromatic rings. The van der Waals surface area contributed by atoms with E-state index in [1.54, 1.807) is 11.4 Å². The molecule has 0 aliphatic carbocycles. The Balaban J connectivity index is 0. The summed E-state index contributed by atoms with van der Waals surface area (Å²) >= 11 is 1.34. The van der Waals surface area contributed by atoms with Gasteiger partial charge in [-0.15, -0.1) is 11.3 Å². The summed E-state index contributed by atoms with van der Waals surface area (Å²) in [7, 11) is 1.34. The van der Waals surface area contributed by atoms with Crippen molar-refractivity contribution in [3.05, 3.63) is 16.3 Å². The van der Waals surface area contributed by atoms with Crippen LogP contribution >= 0.6 is 11.3 Å². The zero-order valence-electron chi connectivity index (χ0n) is 8.03. The van der Waals surface area contributed by atoms with E-state index >= 15 is 0 Å². The molecular weight excluding hydrogens is 187 g/mol. The van der Waals surface area contributed by atoms with Gasteiger partial charge in [-0.1, -0.05) is 0 Å². The van der Waals surface area contributed by atoms with Gasteiger partial charge in [-0.25, -0.2) is 0 Å². The zero-order chi connectivity index (χ0) is 8.27. The van der Waals surface area contributed by atoms with E-state index in [4.69, 9.17) is 5.11 Å². The van der Waals surface area contributed by atoms with Crippen molar-refractivity contribution in [3.63, 3.8) is 0 Å². The predicted octanol–water partition coefficient (Wildman–Crippen LogP) is -1.71. The third-order valence-corrected chi connectivity index (χ3v) is 2.11. The van der Waals surface area contributed by atoms with Crippen LogP contribution in [0.2, 0.25) is 0 Å². The molecule has 1 N–H and O–H groups in total. The Kier molecular flexibility index (Phi) is 5.57. The van der Waals surface area contributed by atoms with Crippen molar-refractivity contribution in [1.82, 2.24) is 0 Å². The van der Waals surface area contributed by atoms with Gasteiger partial charge in [0.05, 0.1) is 13.5 Å². The van der Waals surface area contributed by atoms with Crippen molar-refractivity contribution in [2.24, 2.45) is 0 Å². The van der Waals surface area contributed by atoms with Crippen LogP contribution in [0.4, 0.5) is 0 Å². The van der Waals surface area contributed by atoms with Gasteiger partial charge in [0.15, 0.2) is 0 Å². The minimum absolute atomic E-state index is 0. The van der Waals surface area contributed by atoms with E-state index in [1.165, 1.54) is 18.4 Å². The summed E-state index contributed by atoms with van der Waals surface area (Å²) < 4.78 is 4.45. The average Bonchev–Trinajstić information content (AvgIpc) is 2.35. The first-order valence-electron chi connectivity index (χ1n) is 3.05. The number of hydrogen-bond acceptors (Lipinski definition) is 4. The van der Waals surface area contributed by atoms with Crippen LogP contribution in [0, 0.1) is 0 Å². The van der Waals surface area contributed by atoms with Gasteiger partial charge in [0.1, 0.15) is 5.75 Å². The fourth-order valence-corrected chi connectivity index (χ4v) is 1.41. The van der Waals surface area contributed by atoms with Gasteiger partial charge in [-0.2, -0.15) is 0 Å². The molecule has 0 unspecified atom stereocenters. The van der Waals surface area contributed by atoms with E-state index in [2.05, 4.69) is 4.74 Å². The molecule has 0 saturated carbocycles. The maximum Gasteiger partial charge on any atom is 1.00 e. The Bertz CT molecular complexity index is 264. The first-order valence-corrected chi connectivity index (χ1v) is 3.93. The topological polar surface area (TPSA) is 46.5 Å². The summed E-state index contributed by atoms with van der Waals surface area (Å²) in [6, 6.07) is 1.56. The molecule has 0 fully saturated rings. The number of ether oxygens (including phenoxy) is 1. The van der Waals surface area contributed by atoms with Gasteiger partial charge < -0.3 is 11.3 Å². The van der Waals surface area contributed by atoms with Crippen molar-refractivity contribution < 1.29 is 45.6 Å². The largest absolute Gasteiger partial charge is 1.00 e. The molecule has 0 aromatic carbocycles. The van der Waals surface area contributed by atoms with E-state index in [9.17, 15) is 4.79 Å². The molecule has 1 aromatic heterocycles. The Morgan fingerprint density at radius 2 is 2.50 bits per heavy atom. The van der Waals surface area contributed by atoms with Crippen molar-refractivity contribution in [1.29, 1.82) is 0 Å². The first-order chi connectivity index (χ1) is 5.22. The summed E-state index contributed by atoms with van der Waals surface area (Å²) in [5, 5.41) is 10.5. The smallest absolute Gasteiger partial charge is 1.00 e. The summed E-state index contributed by atoms with van der Waals surface area (Å²) in [5.74, 6) is -0.0826. The molecule has 0 aliphatic heterocycles. The van der Waals surface area contributed by atoms with Crippen LogP contribution in [0.15, 0.2) is 11.4 Å². The minimum Gasteiger partial charge on any atom is -1.00 e. The molecular formula is C7H9NaO3S. The van der Waals surface area contributed by atoms with Crippen LogP contribution in [0.5, 0.6) is 5.75 Å². The Hall–Kier alpha value is -0.0300. The molecule has 1 heterocycles. The van der Waals surface area contributed by atoms with Gasteiger partial charge in [-0.3, -0.25) is 4.79 Å². The molecule has 0 radical (unpaired) electrons. The molecule has 0 amide bonds. The van der Waals surface area contributed by atoms with Crippen LogP contribution in [0.25, 0.3) is 0 Å². The quantitative estimate of drug-likeness (QED) is 0.452. The van der Waals surface area contributed by atoms with Crippen LogP contribution in [0.3, 0.4) is 0 Å². The van der Waals surface area contributed by atoms with E-state index in [0.717, 1.165) is 4.88 Å². The van der Waals surface area contributed by atoms with E-state index in [0.29, 0.717) is 0 Å². The second-order valence-corrected chi connectivity index (χ2v) is 3.02. The summed E-state index contributed by atoms with van der Waals surface area (Å²) in [5.41, 5.74) is 0. The van der Waals surface area contributed by atoms with E-state index in [1.807, 2.05) is 0 Å². The molecule has 0 bridgehead atoms. The number of hydrogen-bond donors (Lipinski definition) is 1. The van der Waals surface area contributed by atoms with Crippen molar-refractivity contribution >= 4 is 17.3 Å². The fraction of sp³-hybridized carbons (Fsp3) is 0.286. The molecule has 0 saturated heterocycles. The molecule has 12 heavy (non-hydrogen) atoms. The average molecular weight is 196 g/mol. The maximum absolute atomic E-state index is 10.7. The van der Waals surface area contributed by atoms with Gasteiger partial charge in [0, 0.05) is 10.3 Å². The molecule has 5 heteroatoms. The SMILES string of the molecule is COC(=O)Cc1cc(O)cs1.[H-].[Na+]. The Labute approximate surface area is 98.1 Å². The predicted molar refractivity (Wildman–Crippen MR) is 42.8 cm³/mol. The van der Waals surface area contributed by atoms with Gasteiger partial charge in [0.2, 0.25) is 0 Å². The monoisotopic (exact) mass is 196 g/mol. The standard InChI is InChI=1S/C7H8O3S.Na.H/c1-10-7(9)3-6-2-5(8)4-11-6;;/h2,4,8H,3H2,1H3;;/q;+1;-1. The zero-order valence-corrected chi connectivity index (χ0v) is 9.85. The normalized spacial score (nSPS) is 8.75. The molecule has 0 aliphatic rings. The summed E-state index contributed by atoms with van der Waals surface area (Å²) in [6.45, 7) is 0. The molecule has 3 nitrogen and oxygen atoms in total. The van der Waals surface area contributed by atoms with Crippen molar-refractivity contribution in [2.45, 2.75) is 6.42 Å². The third kappa shape index (κ3) is 3.58. The van der Waals surface area contributed by atoms with Crippen molar-refractivity contribution in [3.8, 4) is 5.75 Å². The number of carbonyl (C=O) groups is 1. The maximum atomic E-state index is 10.7. The molecule has 62 valence electrons. The third-order valence-electron chi connectivity index (χ3n) is 1.19. The number of carbonyl (C=O) groups excluding carboxylic acids is 1. The van der Waals surface area contributed by atoms with Crippen LogP contribution in [0.1, 0.15) is 6.30 Å². The Morgan fingerprint density at radius 1 is 1.83 bits per heavy atom. The van der Waals surface area contributed by atoms with Gasteiger partial charge in [0.25, 0.3) is 0 Å². The molecule has 0 spiro atoms. The van der Waals surface area contributed by atoms with Crippen molar-refractivity contribution in [2.75, 3.05) is 7.11 Å². The first kappa shape index (κ1) is 12.0. The molecule has 1 rings (SSSR count). The number of esters is 1. The minimum atomic E-state index is -0.285. The van der Waals surface area contributed by atoms with E-state index < -0.39 is 0 Å². The fourth-order valence-electron chi connectivity index (χ4n) is 0.676. The van der Waals surface area contributed by atoms with Crippen LogP contribution in [-0.2, 0) is 16.0 Å². The van der Waals surface area contributed by atoms with Gasteiger partial charge in [-0.05, 0) is 6.07 Å². The molecule has 0 atom stereocenters. The van der Waals surface area contributed by atoms with Crippen LogP contribution < -0.4 is 29.6 Å². The second-order valence-electron chi connectivity index (χ2n) is 2.02. The number of aromatic hydroxyl groups is 1. The van der Waals surface area contributed by atoms with E-state index in [-0.39, 0.29) is 49.1 Å².